The Balaban J connectivity index is 0.000000148. The van der Waals surface area contributed by atoms with E-state index in [-0.39, 0.29) is 111 Å². The molecule has 0 bridgehead atoms. The average molecular weight is 2670 g/mol. The first-order valence-electron chi connectivity index (χ1n) is 49.7. The quantitative estimate of drug-likeness (QED) is 0.0983. The molecular formula is C133H119N12Pt4-3. The molecule has 1 aliphatic heterocycles. The summed E-state index contributed by atoms with van der Waals surface area (Å²) in [5.74, 6) is 1.76. The van der Waals surface area contributed by atoms with Gasteiger partial charge in [0.05, 0.1) is 17.8 Å². The number of hydrogen-bond donors (Lipinski definition) is 0. The molecule has 16 heteroatoms. The molecule has 149 heavy (non-hydrogen) atoms. The topological polar surface area (TPSA) is 112 Å². The summed E-state index contributed by atoms with van der Waals surface area (Å²) in [6.45, 7) is 43.9. The summed E-state index contributed by atoms with van der Waals surface area (Å²) in [6.07, 6.45) is 23.5. The van der Waals surface area contributed by atoms with Crippen molar-refractivity contribution < 1.29 is 84.3 Å². The Bertz CT molecular complexity index is 8390. The minimum absolute atomic E-state index is 0. The van der Waals surface area contributed by atoms with Gasteiger partial charge in [0.15, 0.2) is 0 Å². The van der Waals surface area contributed by atoms with E-state index in [0.29, 0.717) is 0 Å². The van der Waals surface area contributed by atoms with E-state index in [4.69, 9.17) is 9.97 Å². The van der Waals surface area contributed by atoms with Crippen molar-refractivity contribution in [1.82, 2.24) is 53.7 Å². The molecule has 0 amide bonds. The smallest absolute Gasteiger partial charge is 0.510 e. The van der Waals surface area contributed by atoms with Crippen LogP contribution in [-0.2, 0) is 111 Å². The fourth-order valence-corrected chi connectivity index (χ4v) is 18.7. The molecule has 1 aliphatic rings. The first-order valence-corrected chi connectivity index (χ1v) is 49.7. The first kappa shape index (κ1) is 110. The van der Waals surface area contributed by atoms with Gasteiger partial charge in [0.1, 0.15) is 0 Å². The van der Waals surface area contributed by atoms with Crippen molar-refractivity contribution in [3.8, 4) is 129 Å². The second-order valence-corrected chi connectivity index (χ2v) is 42.8. The normalized spacial score (nSPS) is 12.0. The molecule has 0 N–H and O–H groups in total. The van der Waals surface area contributed by atoms with Crippen LogP contribution < -0.4 is 4.90 Å². The van der Waals surface area contributed by atoms with Gasteiger partial charge in [-0.15, -0.1) is 225 Å². The standard InChI is InChI=1S/2C36H31N3.C32H31N3.C29H26N3.4Pt/c1-24-9-6-10-25(2)34(24)39-20-19-38-35(39)29-13-7-12-27(21-29)31-14-8-11-26-15-16-28(22-32(26)31)33-23-30(17-18-37-33)36(3,4)5;1-24-9-6-10-25(2)34(24)39-20-19-38-35(39)29-16-15-26-11-8-14-31(32(26)22-29)27-12-7-13-28(21-27)33-23-30(17-18-37-33)36(3,4)5;1-31(2,3)25-15-16-33-30(19-25)24-14-13-22-9-8-12-28(29(22)18-24)23-10-7-11-27(17-23)35-21-26(20-34-35)32(4,5)6;1-29(2,3)24-13-14-30-28(18-24)23-9-5-8-22(17-23)26-10-6-7-21-11-12-25(19-27(21)26)32-16-15-31(4)20-32;;;;/h2*6-20,23H,1-5H3;7-16,19-21H,1-6H3;5-16,18,20H,1-4H3;;;;/q3*-2;-3;;3*+2. The fourth-order valence-electron chi connectivity index (χ4n) is 18.7. The molecule has 0 aliphatic carbocycles. The number of anilines is 1. The maximum Gasteiger partial charge on any atom is 2.00 e. The zero-order chi connectivity index (χ0) is 101. The summed E-state index contributed by atoms with van der Waals surface area (Å²) < 4.78 is 6.25. The molecule has 0 radical (unpaired) electrons. The summed E-state index contributed by atoms with van der Waals surface area (Å²) in [7, 11) is 2.02. The summed E-state index contributed by atoms with van der Waals surface area (Å²) in [5, 5.41) is 13.4. The number of aryl methyl sites for hydroxylation is 4. The van der Waals surface area contributed by atoms with Crippen LogP contribution in [0.5, 0.6) is 0 Å². The number of benzene rings is 14. The van der Waals surface area contributed by atoms with Crippen molar-refractivity contribution >= 4 is 48.8 Å². The van der Waals surface area contributed by atoms with Crippen LogP contribution >= 0.6 is 0 Å². The van der Waals surface area contributed by atoms with Crippen LogP contribution in [0, 0.1) is 82.9 Å². The van der Waals surface area contributed by atoms with Gasteiger partial charge in [0.2, 0.25) is 0 Å². The van der Waals surface area contributed by atoms with Crippen molar-refractivity contribution in [3.63, 3.8) is 0 Å². The third-order valence-corrected chi connectivity index (χ3v) is 26.9. The summed E-state index contributed by atoms with van der Waals surface area (Å²) in [5.41, 5.74) is 33.8. The van der Waals surface area contributed by atoms with E-state index < -0.39 is 0 Å². The maximum atomic E-state index is 4.75. The van der Waals surface area contributed by atoms with Crippen molar-refractivity contribution in [1.29, 1.82) is 0 Å². The van der Waals surface area contributed by atoms with Gasteiger partial charge in [-0.1, -0.05) is 309 Å². The van der Waals surface area contributed by atoms with E-state index in [2.05, 4.69) is 498 Å². The number of aromatic nitrogens is 10. The minimum Gasteiger partial charge on any atom is -0.510 e. The number of fused-ring (bicyclic) bond motifs is 4. The Hall–Kier alpha value is -13.6. The van der Waals surface area contributed by atoms with Crippen LogP contribution in [0.2, 0.25) is 0 Å². The van der Waals surface area contributed by atoms with Gasteiger partial charge in [-0.3, -0.25) is 34.6 Å². The Kier molecular flexibility index (Phi) is 33.7. The van der Waals surface area contributed by atoms with E-state index >= 15 is 0 Å². The molecule has 0 saturated heterocycles. The molecule has 7 aromatic heterocycles. The van der Waals surface area contributed by atoms with Gasteiger partial charge < -0.3 is 18.9 Å². The molecule has 0 unspecified atom stereocenters. The summed E-state index contributed by atoms with van der Waals surface area (Å²) in [4.78, 5) is 32.2. The zero-order valence-electron chi connectivity index (χ0n) is 87.7. The van der Waals surface area contributed by atoms with Gasteiger partial charge in [-0.2, -0.15) is 11.8 Å². The van der Waals surface area contributed by atoms with Crippen molar-refractivity contribution in [2.75, 3.05) is 11.9 Å². The van der Waals surface area contributed by atoms with Gasteiger partial charge in [0, 0.05) is 111 Å². The van der Waals surface area contributed by atoms with E-state index in [1.54, 1.807) is 0 Å². The third-order valence-electron chi connectivity index (χ3n) is 26.9. The SMILES string of the molecule is CC(C)(C)c1ccnc(-c2[c-]c3c(-c4[c-]c(-n5cc(C(C)(C)C)cn5)ccc4)cccc3cc2)c1.CN1C=CN(c2[c-]c3c(-c4[c-]c(-c5cc(C(C)(C)C)ccn5)ccc4)cccc3cc2)[CH-]1.Cc1cccc(C)c1-n1ccnc1-c1[c-]c(-c2cccc3ccc(-c4cc(C(C)(C)C)ccn4)[c-]c23)ccc1.Cc1cccc(C)c1-n1ccnc1-c1[c-]c2c(-c3[c-]c(-c4cc(C(C)(C)C)ccn4)ccc3)cccc2cc1.[Pt+2].[Pt+2].[Pt+2].[Pt]. The van der Waals surface area contributed by atoms with Crippen molar-refractivity contribution in [2.45, 2.75) is 159 Å². The molecular weight excluding hydrogens is 2550 g/mol. The molecule has 12 nitrogen and oxygen atoms in total. The monoisotopic (exact) mass is 2660 g/mol. The first-order chi connectivity index (χ1) is 69.6. The minimum atomic E-state index is 0. The van der Waals surface area contributed by atoms with E-state index in [1.165, 1.54) is 50.1 Å². The van der Waals surface area contributed by atoms with Crippen molar-refractivity contribution in [2.24, 2.45) is 0 Å². The third kappa shape index (κ3) is 24.5. The number of pyridine rings is 4. The Morgan fingerprint density at radius 2 is 0.570 bits per heavy atom. The molecule has 8 heterocycles. The maximum absolute atomic E-state index is 4.75. The fraction of sp³-hybridized carbons (Fsp3) is 0.188. The molecule has 0 saturated carbocycles. The van der Waals surface area contributed by atoms with Crippen molar-refractivity contribution in [3.05, 3.63) is 459 Å². The predicted molar refractivity (Wildman–Crippen MR) is 600 cm³/mol. The van der Waals surface area contributed by atoms with Crippen LogP contribution in [0.4, 0.5) is 5.69 Å². The zero-order valence-corrected chi connectivity index (χ0v) is 96.8. The number of rotatable bonds is 14. The summed E-state index contributed by atoms with van der Waals surface area (Å²) >= 11 is 0. The van der Waals surface area contributed by atoms with Crippen LogP contribution in [0.1, 0.15) is 154 Å². The molecule has 0 fully saturated rings. The molecule has 0 atom stereocenters. The Labute approximate surface area is 936 Å². The Morgan fingerprint density at radius 3 is 0.933 bits per heavy atom. The molecule has 754 valence electrons. The van der Waals surface area contributed by atoms with Crippen LogP contribution in [0.3, 0.4) is 0 Å². The van der Waals surface area contributed by atoms with Crippen LogP contribution in [0.15, 0.2) is 353 Å². The van der Waals surface area contributed by atoms with Gasteiger partial charge in [0.25, 0.3) is 0 Å². The van der Waals surface area contributed by atoms with Gasteiger partial charge >= 0.3 is 63.2 Å². The number of nitrogens with zero attached hydrogens (tertiary/aromatic N) is 12. The predicted octanol–water partition coefficient (Wildman–Crippen LogP) is 32.6. The number of imidazole rings is 2. The average Bonchev–Trinajstić information content (AvgIpc) is 1.76. The van der Waals surface area contributed by atoms with Crippen LogP contribution in [0.25, 0.3) is 172 Å². The van der Waals surface area contributed by atoms with E-state index in [0.717, 1.165) is 178 Å². The van der Waals surface area contributed by atoms with E-state index in [1.807, 2.05) is 97.5 Å². The largest absolute Gasteiger partial charge is 2.00 e. The van der Waals surface area contributed by atoms with Crippen LogP contribution in [-0.4, -0.2) is 60.8 Å². The van der Waals surface area contributed by atoms with E-state index in [9.17, 15) is 0 Å². The molecule has 21 aromatic rings. The van der Waals surface area contributed by atoms with Gasteiger partial charge in [-0.05, 0) is 154 Å². The molecule has 22 rings (SSSR count). The molecule has 0 spiro atoms. The van der Waals surface area contributed by atoms with Gasteiger partial charge in [-0.25, -0.2) is 0 Å². The number of para-hydroxylation sites is 2. The molecule has 14 aromatic carbocycles. The number of hydrogen-bond acceptors (Lipinski definition) is 9. The summed E-state index contributed by atoms with van der Waals surface area (Å²) in [6, 6.07) is 127. The second-order valence-electron chi connectivity index (χ2n) is 42.8. The second kappa shape index (κ2) is 45.9. The Morgan fingerprint density at radius 1 is 0.268 bits per heavy atom.